The first kappa shape index (κ1) is 25.0. The zero-order valence-corrected chi connectivity index (χ0v) is 21.9. The Bertz CT molecular complexity index is 1270. The van der Waals surface area contributed by atoms with E-state index in [0.29, 0.717) is 34.4 Å². The first-order valence-electron chi connectivity index (χ1n) is 11.8. The van der Waals surface area contributed by atoms with E-state index in [9.17, 15) is 14.9 Å². The lowest BCUT2D eigenvalue weighted by molar-refractivity contribution is -0.122. The SMILES string of the molecule is CCCCN1C(=O)C(=Cc2c(C)c(C#N)c(=O)n(C)c2N2CCN(c3ccccc3)CC2)SC1=S. The second-order valence-corrected chi connectivity index (χ2v) is 10.4. The lowest BCUT2D eigenvalue weighted by Gasteiger charge is -2.38. The highest BCUT2D eigenvalue weighted by Gasteiger charge is 2.33. The zero-order valence-electron chi connectivity index (χ0n) is 20.3. The van der Waals surface area contributed by atoms with E-state index >= 15 is 0 Å². The fourth-order valence-electron chi connectivity index (χ4n) is 4.55. The minimum Gasteiger partial charge on any atom is -0.368 e. The molecule has 182 valence electrons. The minimum atomic E-state index is -0.321. The van der Waals surface area contributed by atoms with Crippen molar-refractivity contribution in [3.8, 4) is 6.07 Å². The van der Waals surface area contributed by atoms with Crippen LogP contribution in [-0.4, -0.2) is 52.4 Å². The summed E-state index contributed by atoms with van der Waals surface area (Å²) in [6.07, 6.45) is 3.68. The van der Waals surface area contributed by atoms with Gasteiger partial charge in [-0.25, -0.2) is 0 Å². The van der Waals surface area contributed by atoms with Crippen molar-refractivity contribution < 1.29 is 4.79 Å². The third kappa shape index (κ3) is 4.86. The molecule has 1 aromatic carbocycles. The number of rotatable bonds is 6. The number of unbranched alkanes of at least 4 members (excludes halogenated alkanes) is 1. The maximum Gasteiger partial charge on any atom is 0.270 e. The Balaban J connectivity index is 1.72. The van der Waals surface area contributed by atoms with Crippen molar-refractivity contribution in [2.24, 2.45) is 7.05 Å². The van der Waals surface area contributed by atoms with Gasteiger partial charge in [0.1, 0.15) is 21.8 Å². The molecule has 9 heteroatoms. The summed E-state index contributed by atoms with van der Waals surface area (Å²) in [5.41, 5.74) is 2.28. The molecule has 2 aromatic rings. The molecule has 2 saturated heterocycles. The molecule has 2 aliphatic heterocycles. The van der Waals surface area contributed by atoms with Gasteiger partial charge >= 0.3 is 0 Å². The summed E-state index contributed by atoms with van der Waals surface area (Å²) >= 11 is 6.76. The molecule has 1 aromatic heterocycles. The van der Waals surface area contributed by atoms with Crippen molar-refractivity contribution in [3.05, 3.63) is 62.3 Å². The highest BCUT2D eigenvalue weighted by molar-refractivity contribution is 8.26. The molecule has 2 fully saturated rings. The number of thioether (sulfide) groups is 1. The molecule has 0 unspecified atom stereocenters. The number of anilines is 2. The number of amides is 1. The second kappa shape index (κ2) is 10.7. The van der Waals surface area contributed by atoms with Gasteiger partial charge < -0.3 is 9.80 Å². The lowest BCUT2D eigenvalue weighted by atomic mass is 10.0. The minimum absolute atomic E-state index is 0.104. The molecule has 0 radical (unpaired) electrons. The number of hydrogen-bond donors (Lipinski definition) is 0. The number of carbonyl (C=O) groups is 1. The number of aromatic nitrogens is 1. The van der Waals surface area contributed by atoms with E-state index in [4.69, 9.17) is 12.2 Å². The van der Waals surface area contributed by atoms with E-state index in [1.54, 1.807) is 23.4 Å². The van der Waals surface area contributed by atoms with Gasteiger partial charge in [0.25, 0.3) is 11.5 Å². The van der Waals surface area contributed by atoms with E-state index in [0.717, 1.165) is 37.3 Å². The second-order valence-electron chi connectivity index (χ2n) is 8.71. The Morgan fingerprint density at radius 2 is 1.77 bits per heavy atom. The van der Waals surface area contributed by atoms with Crippen LogP contribution in [0.4, 0.5) is 11.5 Å². The molecule has 0 bridgehead atoms. The van der Waals surface area contributed by atoms with Gasteiger partial charge in [0.05, 0.1) is 4.91 Å². The van der Waals surface area contributed by atoms with Crippen molar-refractivity contribution in [1.82, 2.24) is 9.47 Å². The van der Waals surface area contributed by atoms with Gasteiger partial charge in [0, 0.05) is 51.0 Å². The van der Waals surface area contributed by atoms with Gasteiger partial charge in [0.15, 0.2) is 0 Å². The Labute approximate surface area is 215 Å². The molecule has 4 rings (SSSR count). The molecule has 1 amide bonds. The summed E-state index contributed by atoms with van der Waals surface area (Å²) in [4.78, 5) is 32.8. The van der Waals surface area contributed by atoms with Crippen LogP contribution in [0, 0.1) is 18.3 Å². The Hall–Kier alpha value is -3.09. The third-order valence-electron chi connectivity index (χ3n) is 6.55. The number of pyridine rings is 1. The average Bonchev–Trinajstić information content (AvgIpc) is 3.14. The standard InChI is InChI=1S/C26H29N5O2S2/c1-4-5-11-31-25(33)22(35-26(31)34)16-20-18(2)21(17-27)24(32)28(3)23(20)30-14-12-29(13-15-30)19-9-7-6-8-10-19/h6-10,16H,4-5,11-15H2,1-3H3. The quantitative estimate of drug-likeness (QED) is 0.434. The summed E-state index contributed by atoms with van der Waals surface area (Å²) in [5.74, 6) is 0.623. The molecule has 0 N–H and O–H groups in total. The van der Waals surface area contributed by atoms with Crippen molar-refractivity contribution in [1.29, 1.82) is 5.26 Å². The molecule has 0 spiro atoms. The smallest absolute Gasteiger partial charge is 0.270 e. The molecule has 0 aliphatic carbocycles. The maximum absolute atomic E-state index is 13.1. The van der Waals surface area contributed by atoms with Crippen LogP contribution in [0.5, 0.6) is 0 Å². The largest absolute Gasteiger partial charge is 0.368 e. The summed E-state index contributed by atoms with van der Waals surface area (Å²) in [6, 6.07) is 12.3. The first-order chi connectivity index (χ1) is 16.9. The molecule has 35 heavy (non-hydrogen) atoms. The summed E-state index contributed by atoms with van der Waals surface area (Å²) in [7, 11) is 1.70. The Kier molecular flexibility index (Phi) is 7.63. The highest BCUT2D eigenvalue weighted by atomic mass is 32.2. The molecular weight excluding hydrogens is 478 g/mol. The molecule has 0 saturated carbocycles. The molecular formula is C26H29N5O2S2. The van der Waals surface area contributed by atoms with Crippen LogP contribution in [0.3, 0.4) is 0 Å². The van der Waals surface area contributed by atoms with Crippen LogP contribution >= 0.6 is 24.0 Å². The Morgan fingerprint density at radius 1 is 1.11 bits per heavy atom. The van der Waals surface area contributed by atoms with E-state index in [-0.39, 0.29) is 17.0 Å². The van der Waals surface area contributed by atoms with Crippen molar-refractivity contribution in [3.63, 3.8) is 0 Å². The van der Waals surface area contributed by atoms with Crippen LogP contribution < -0.4 is 15.4 Å². The topological polar surface area (TPSA) is 72.6 Å². The summed E-state index contributed by atoms with van der Waals surface area (Å²) in [6.45, 7) is 7.49. The average molecular weight is 508 g/mol. The van der Waals surface area contributed by atoms with Crippen molar-refractivity contribution in [2.45, 2.75) is 26.7 Å². The number of hydrogen-bond acceptors (Lipinski definition) is 7. The van der Waals surface area contributed by atoms with Gasteiger partial charge in [0.2, 0.25) is 0 Å². The number of para-hydroxylation sites is 1. The fraction of sp³-hybridized carbons (Fsp3) is 0.385. The normalized spacial score (nSPS) is 17.4. The van der Waals surface area contributed by atoms with E-state index in [1.165, 1.54) is 17.4 Å². The maximum atomic E-state index is 13.1. The first-order valence-corrected chi connectivity index (χ1v) is 13.0. The van der Waals surface area contributed by atoms with Crippen LogP contribution in [0.15, 0.2) is 40.0 Å². The fourth-order valence-corrected chi connectivity index (χ4v) is 5.84. The van der Waals surface area contributed by atoms with Crippen molar-refractivity contribution in [2.75, 3.05) is 42.5 Å². The number of piperazine rings is 1. The number of nitriles is 1. The lowest BCUT2D eigenvalue weighted by Crippen LogP contribution is -2.48. The predicted molar refractivity (Wildman–Crippen MR) is 147 cm³/mol. The molecule has 7 nitrogen and oxygen atoms in total. The van der Waals surface area contributed by atoms with Gasteiger partial charge in [-0.3, -0.25) is 19.1 Å². The molecule has 3 heterocycles. The number of carbonyl (C=O) groups excluding carboxylic acids is 1. The summed E-state index contributed by atoms with van der Waals surface area (Å²) in [5, 5.41) is 9.70. The Morgan fingerprint density at radius 3 is 2.40 bits per heavy atom. The predicted octanol–water partition coefficient (Wildman–Crippen LogP) is 3.89. The number of benzene rings is 1. The van der Waals surface area contributed by atoms with Crippen LogP contribution in [-0.2, 0) is 11.8 Å². The summed E-state index contributed by atoms with van der Waals surface area (Å²) < 4.78 is 2.10. The highest BCUT2D eigenvalue weighted by Crippen LogP contribution is 2.36. The van der Waals surface area contributed by atoms with E-state index < -0.39 is 0 Å². The monoisotopic (exact) mass is 507 g/mol. The third-order valence-corrected chi connectivity index (χ3v) is 7.93. The van der Waals surface area contributed by atoms with Crippen LogP contribution in [0.25, 0.3) is 6.08 Å². The van der Waals surface area contributed by atoms with Crippen molar-refractivity contribution >= 4 is 51.8 Å². The van der Waals surface area contributed by atoms with Gasteiger partial charge in [-0.05, 0) is 37.1 Å². The van der Waals surface area contributed by atoms with Gasteiger partial charge in [-0.1, -0.05) is 55.5 Å². The van der Waals surface area contributed by atoms with Gasteiger partial charge in [-0.15, -0.1) is 0 Å². The van der Waals surface area contributed by atoms with Crippen LogP contribution in [0.2, 0.25) is 0 Å². The number of thiocarbonyl (C=S) groups is 1. The molecule has 0 atom stereocenters. The molecule has 2 aliphatic rings. The van der Waals surface area contributed by atoms with E-state index in [2.05, 4.69) is 34.9 Å². The van der Waals surface area contributed by atoms with Gasteiger partial charge in [-0.2, -0.15) is 5.26 Å². The van der Waals surface area contributed by atoms with E-state index in [1.807, 2.05) is 24.3 Å². The number of nitrogens with zero attached hydrogens (tertiary/aromatic N) is 5. The van der Waals surface area contributed by atoms with Crippen LogP contribution in [0.1, 0.15) is 36.5 Å². The zero-order chi connectivity index (χ0) is 25.1.